The van der Waals surface area contributed by atoms with E-state index >= 15 is 0 Å². The van der Waals surface area contributed by atoms with E-state index in [1.807, 2.05) is 26.0 Å². The van der Waals surface area contributed by atoms with Gasteiger partial charge in [0.05, 0.1) is 12.7 Å². The van der Waals surface area contributed by atoms with Crippen molar-refractivity contribution < 1.29 is 9.53 Å². The average Bonchev–Trinajstić information content (AvgIpc) is 2.17. The van der Waals surface area contributed by atoms with Crippen LogP contribution in [-0.2, 0) is 0 Å². The fourth-order valence-corrected chi connectivity index (χ4v) is 1.70. The van der Waals surface area contributed by atoms with E-state index in [9.17, 15) is 4.79 Å². The molecule has 0 aliphatic carbocycles. The van der Waals surface area contributed by atoms with Crippen molar-refractivity contribution in [3.8, 4) is 5.75 Å². The van der Waals surface area contributed by atoms with E-state index in [4.69, 9.17) is 10.5 Å². The van der Waals surface area contributed by atoms with Crippen molar-refractivity contribution in [3.05, 3.63) is 28.8 Å². The average molecular weight is 207 g/mol. The van der Waals surface area contributed by atoms with Crippen LogP contribution in [-0.4, -0.2) is 19.4 Å². The molecule has 15 heavy (non-hydrogen) atoms. The molecular weight excluding hydrogens is 190 g/mol. The molecule has 0 saturated carbocycles. The van der Waals surface area contributed by atoms with Gasteiger partial charge in [0.1, 0.15) is 5.75 Å². The SMILES string of the molecule is COc1c(C)cc(C)cc1C(=O)CCN. The molecule has 0 aromatic heterocycles. The minimum atomic E-state index is 0.0427. The number of Topliss-reactive ketones (excluding diaryl/α,β-unsaturated/α-hetero) is 1. The van der Waals surface area contributed by atoms with Gasteiger partial charge < -0.3 is 10.5 Å². The number of aryl methyl sites for hydroxylation is 2. The number of methoxy groups -OCH3 is 1. The molecule has 0 atom stereocenters. The predicted octanol–water partition coefficient (Wildman–Crippen LogP) is 1.84. The number of carbonyl (C=O) groups is 1. The maximum atomic E-state index is 11.8. The molecule has 0 saturated heterocycles. The highest BCUT2D eigenvalue weighted by Crippen LogP contribution is 2.25. The highest BCUT2D eigenvalue weighted by molar-refractivity contribution is 5.99. The molecule has 0 aliphatic heterocycles. The Balaban J connectivity index is 3.20. The number of ether oxygens (including phenoxy) is 1. The number of benzene rings is 1. The van der Waals surface area contributed by atoms with Crippen LogP contribution in [0.5, 0.6) is 5.75 Å². The molecule has 3 heteroatoms. The van der Waals surface area contributed by atoms with Crippen LogP contribution in [0.4, 0.5) is 0 Å². The summed E-state index contributed by atoms with van der Waals surface area (Å²) in [6.45, 7) is 4.27. The van der Waals surface area contributed by atoms with E-state index < -0.39 is 0 Å². The van der Waals surface area contributed by atoms with E-state index in [1.54, 1.807) is 7.11 Å². The van der Waals surface area contributed by atoms with Crippen molar-refractivity contribution in [3.63, 3.8) is 0 Å². The van der Waals surface area contributed by atoms with Crippen LogP contribution < -0.4 is 10.5 Å². The van der Waals surface area contributed by atoms with Gasteiger partial charge in [-0.15, -0.1) is 0 Å². The number of hydrogen-bond donors (Lipinski definition) is 1. The third-order valence-corrected chi connectivity index (χ3v) is 2.29. The molecule has 0 heterocycles. The van der Waals surface area contributed by atoms with Gasteiger partial charge in [0.25, 0.3) is 0 Å². The van der Waals surface area contributed by atoms with Gasteiger partial charge in [-0.3, -0.25) is 4.79 Å². The van der Waals surface area contributed by atoms with Crippen molar-refractivity contribution in [1.29, 1.82) is 0 Å². The molecule has 0 bridgehead atoms. The second-order valence-corrected chi connectivity index (χ2v) is 3.62. The zero-order valence-electron chi connectivity index (χ0n) is 9.46. The Morgan fingerprint density at radius 3 is 2.60 bits per heavy atom. The van der Waals surface area contributed by atoms with E-state index in [-0.39, 0.29) is 5.78 Å². The summed E-state index contributed by atoms with van der Waals surface area (Å²) >= 11 is 0. The Morgan fingerprint density at radius 2 is 2.07 bits per heavy atom. The summed E-state index contributed by atoms with van der Waals surface area (Å²) in [6, 6.07) is 3.85. The summed E-state index contributed by atoms with van der Waals surface area (Å²) in [4.78, 5) is 11.8. The molecule has 1 rings (SSSR count). The first-order valence-corrected chi connectivity index (χ1v) is 4.98. The zero-order valence-corrected chi connectivity index (χ0v) is 9.46. The van der Waals surface area contributed by atoms with Crippen molar-refractivity contribution in [2.75, 3.05) is 13.7 Å². The third-order valence-electron chi connectivity index (χ3n) is 2.29. The Kier molecular flexibility index (Phi) is 3.86. The largest absolute Gasteiger partial charge is 0.496 e. The van der Waals surface area contributed by atoms with Crippen LogP contribution in [0.1, 0.15) is 27.9 Å². The number of ketones is 1. The molecule has 82 valence electrons. The molecular formula is C12H17NO2. The fraction of sp³-hybridized carbons (Fsp3) is 0.417. The van der Waals surface area contributed by atoms with Gasteiger partial charge >= 0.3 is 0 Å². The van der Waals surface area contributed by atoms with Crippen LogP contribution >= 0.6 is 0 Å². The Bertz CT molecular complexity index is 372. The van der Waals surface area contributed by atoms with Crippen LogP contribution in [0.3, 0.4) is 0 Å². The quantitative estimate of drug-likeness (QED) is 0.766. The molecule has 0 aliphatic rings. The topological polar surface area (TPSA) is 52.3 Å². The minimum absolute atomic E-state index is 0.0427. The normalized spacial score (nSPS) is 10.1. The summed E-state index contributed by atoms with van der Waals surface area (Å²) in [5.41, 5.74) is 8.06. The Hall–Kier alpha value is -1.35. The maximum Gasteiger partial charge on any atom is 0.167 e. The second-order valence-electron chi connectivity index (χ2n) is 3.62. The summed E-state index contributed by atoms with van der Waals surface area (Å²) in [5, 5.41) is 0. The standard InChI is InChI=1S/C12H17NO2/c1-8-6-9(2)12(15-3)10(7-8)11(14)4-5-13/h6-7H,4-5,13H2,1-3H3. The summed E-state index contributed by atoms with van der Waals surface area (Å²) in [6.07, 6.45) is 0.360. The molecule has 3 nitrogen and oxygen atoms in total. The molecule has 0 unspecified atom stereocenters. The number of nitrogens with two attached hydrogens (primary N) is 1. The van der Waals surface area contributed by atoms with Gasteiger partial charge in [-0.1, -0.05) is 6.07 Å². The van der Waals surface area contributed by atoms with Crippen LogP contribution in [0.15, 0.2) is 12.1 Å². The molecule has 1 aromatic carbocycles. The van der Waals surface area contributed by atoms with Crippen LogP contribution in [0.25, 0.3) is 0 Å². The molecule has 1 aromatic rings. The van der Waals surface area contributed by atoms with Gasteiger partial charge in [0, 0.05) is 6.42 Å². The Labute approximate surface area is 90.2 Å². The number of hydrogen-bond acceptors (Lipinski definition) is 3. The van der Waals surface area contributed by atoms with Crippen LogP contribution in [0, 0.1) is 13.8 Å². The van der Waals surface area contributed by atoms with E-state index in [2.05, 4.69) is 0 Å². The van der Waals surface area contributed by atoms with Gasteiger partial charge in [0.15, 0.2) is 5.78 Å². The van der Waals surface area contributed by atoms with Crippen molar-refractivity contribution in [1.82, 2.24) is 0 Å². The molecule has 0 radical (unpaired) electrons. The maximum absolute atomic E-state index is 11.8. The summed E-state index contributed by atoms with van der Waals surface area (Å²) in [5.74, 6) is 0.709. The lowest BCUT2D eigenvalue weighted by molar-refractivity contribution is 0.0982. The van der Waals surface area contributed by atoms with Gasteiger partial charge in [0.2, 0.25) is 0 Å². The lowest BCUT2D eigenvalue weighted by Crippen LogP contribution is -2.10. The zero-order chi connectivity index (χ0) is 11.4. The number of rotatable bonds is 4. The van der Waals surface area contributed by atoms with Crippen LogP contribution in [0.2, 0.25) is 0 Å². The smallest absolute Gasteiger partial charge is 0.167 e. The van der Waals surface area contributed by atoms with Crippen molar-refractivity contribution >= 4 is 5.78 Å². The predicted molar refractivity (Wildman–Crippen MR) is 60.5 cm³/mol. The first kappa shape index (κ1) is 11.7. The van der Waals surface area contributed by atoms with E-state index in [0.717, 1.165) is 11.1 Å². The van der Waals surface area contributed by atoms with Gasteiger partial charge in [-0.25, -0.2) is 0 Å². The third kappa shape index (κ3) is 2.57. The number of carbonyl (C=O) groups excluding carboxylic acids is 1. The minimum Gasteiger partial charge on any atom is -0.496 e. The first-order chi connectivity index (χ1) is 7.10. The van der Waals surface area contributed by atoms with Gasteiger partial charge in [-0.2, -0.15) is 0 Å². The summed E-state index contributed by atoms with van der Waals surface area (Å²) < 4.78 is 5.24. The molecule has 0 fully saturated rings. The molecule has 0 amide bonds. The second kappa shape index (κ2) is 4.94. The molecule has 0 spiro atoms. The monoisotopic (exact) mass is 207 g/mol. The lowest BCUT2D eigenvalue weighted by atomic mass is 10.0. The van der Waals surface area contributed by atoms with E-state index in [1.165, 1.54) is 0 Å². The summed E-state index contributed by atoms with van der Waals surface area (Å²) in [7, 11) is 1.58. The molecule has 2 N–H and O–H groups in total. The van der Waals surface area contributed by atoms with Crippen molar-refractivity contribution in [2.24, 2.45) is 5.73 Å². The van der Waals surface area contributed by atoms with E-state index in [0.29, 0.717) is 24.3 Å². The Morgan fingerprint density at radius 1 is 1.40 bits per heavy atom. The fourth-order valence-electron chi connectivity index (χ4n) is 1.70. The lowest BCUT2D eigenvalue weighted by Gasteiger charge is -2.11. The highest BCUT2D eigenvalue weighted by Gasteiger charge is 2.13. The van der Waals surface area contributed by atoms with Gasteiger partial charge in [-0.05, 0) is 37.6 Å². The highest BCUT2D eigenvalue weighted by atomic mass is 16.5. The van der Waals surface area contributed by atoms with Crippen molar-refractivity contribution in [2.45, 2.75) is 20.3 Å². The first-order valence-electron chi connectivity index (χ1n) is 4.98.